The van der Waals surface area contributed by atoms with E-state index in [1.165, 1.54) is 12.1 Å². The third kappa shape index (κ3) is 4.36. The van der Waals surface area contributed by atoms with E-state index in [9.17, 15) is 18.3 Å². The van der Waals surface area contributed by atoms with Gasteiger partial charge < -0.3 is 9.67 Å². The topological polar surface area (TPSA) is 76.4 Å². The van der Waals surface area contributed by atoms with Gasteiger partial charge in [0.05, 0.1) is 22.5 Å². The van der Waals surface area contributed by atoms with Gasteiger partial charge in [-0.2, -0.15) is 0 Å². The Morgan fingerprint density at radius 3 is 2.12 bits per heavy atom. The van der Waals surface area contributed by atoms with Gasteiger partial charge in [0.25, 0.3) is 0 Å². The van der Waals surface area contributed by atoms with Gasteiger partial charge >= 0.3 is 5.97 Å². The minimum atomic E-state index is -4.04. The van der Waals surface area contributed by atoms with Crippen LogP contribution in [0.5, 0.6) is 0 Å². The second-order valence-corrected chi connectivity index (χ2v) is 11.6. The maximum atomic E-state index is 13.9. The first-order chi connectivity index (χ1) is 16.0. The average molecular weight is 496 g/mol. The molecule has 5 nitrogen and oxygen atoms in total. The Hall–Kier alpha value is -3.09. The molecule has 1 heterocycles. The van der Waals surface area contributed by atoms with Gasteiger partial charge in [0.2, 0.25) is 9.84 Å². The number of rotatable bonds is 6. The number of carbonyl (C=O) groups is 1. The van der Waals surface area contributed by atoms with Gasteiger partial charge in [-0.25, -0.2) is 8.42 Å². The molecule has 1 atom stereocenters. The number of carboxylic acid groups (broad SMARTS) is 1. The molecule has 0 aliphatic rings. The lowest BCUT2D eigenvalue weighted by atomic mass is 9.86. The molecule has 1 aromatic heterocycles. The molecule has 0 spiro atoms. The van der Waals surface area contributed by atoms with Crippen LogP contribution in [0, 0.1) is 0 Å². The highest BCUT2D eigenvalue weighted by Crippen LogP contribution is 2.41. The number of hydrogen-bond donors (Lipinski definition) is 1. The van der Waals surface area contributed by atoms with Gasteiger partial charge in [-0.05, 0) is 40.8 Å². The molecule has 4 rings (SSSR count). The first-order valence-corrected chi connectivity index (χ1v) is 12.8. The van der Waals surface area contributed by atoms with Crippen molar-refractivity contribution in [1.82, 2.24) is 4.57 Å². The maximum absolute atomic E-state index is 13.9. The molecule has 0 bridgehead atoms. The van der Waals surface area contributed by atoms with E-state index in [-0.39, 0.29) is 20.9 Å². The number of aliphatic carboxylic acids is 1. The summed E-state index contributed by atoms with van der Waals surface area (Å²) in [6.07, 6.45) is -0.489. The van der Waals surface area contributed by atoms with Crippen molar-refractivity contribution in [2.75, 3.05) is 0 Å². The van der Waals surface area contributed by atoms with Crippen molar-refractivity contribution in [2.24, 2.45) is 0 Å². The molecule has 0 saturated heterocycles. The molecule has 3 aromatic carbocycles. The van der Waals surface area contributed by atoms with Crippen LogP contribution >= 0.6 is 11.6 Å². The van der Waals surface area contributed by atoms with Crippen LogP contribution in [0.1, 0.15) is 43.1 Å². The second kappa shape index (κ2) is 8.93. The van der Waals surface area contributed by atoms with Gasteiger partial charge in [0.1, 0.15) is 10.4 Å². The molecule has 0 amide bonds. The summed E-state index contributed by atoms with van der Waals surface area (Å²) in [4.78, 5) is 12.0. The van der Waals surface area contributed by atoms with Gasteiger partial charge in [0, 0.05) is 5.39 Å². The molecule has 0 aliphatic carbocycles. The van der Waals surface area contributed by atoms with E-state index in [4.69, 9.17) is 11.6 Å². The van der Waals surface area contributed by atoms with Crippen LogP contribution < -0.4 is 0 Å². The number of carboxylic acids is 1. The van der Waals surface area contributed by atoms with Crippen molar-refractivity contribution < 1.29 is 18.3 Å². The maximum Gasteiger partial charge on any atom is 0.309 e. The van der Waals surface area contributed by atoms with Crippen LogP contribution in [0.2, 0.25) is 0 Å². The van der Waals surface area contributed by atoms with Crippen molar-refractivity contribution >= 4 is 38.3 Å². The average Bonchev–Trinajstić information content (AvgIpc) is 3.12. The van der Waals surface area contributed by atoms with E-state index in [1.807, 2.05) is 69.3 Å². The summed E-state index contributed by atoms with van der Waals surface area (Å²) >= 11 is 6.91. The molecule has 0 radical (unpaired) electrons. The first-order valence-electron chi connectivity index (χ1n) is 10.9. The molecule has 34 heavy (non-hydrogen) atoms. The molecule has 7 heteroatoms. The molecule has 0 aliphatic heterocycles. The monoisotopic (exact) mass is 495 g/mol. The van der Waals surface area contributed by atoms with E-state index in [2.05, 4.69) is 0 Å². The normalized spacial score (nSPS) is 13.2. The van der Waals surface area contributed by atoms with E-state index in [0.717, 1.165) is 11.1 Å². The van der Waals surface area contributed by atoms with E-state index < -0.39 is 27.7 Å². The molecule has 4 aromatic rings. The molecule has 0 saturated carbocycles. The van der Waals surface area contributed by atoms with Crippen LogP contribution in [0.15, 0.2) is 88.7 Å². The lowest BCUT2D eigenvalue weighted by Crippen LogP contribution is -2.15. The Labute approximate surface area is 204 Å². The van der Waals surface area contributed by atoms with Crippen LogP contribution in [-0.2, 0) is 26.5 Å². The largest absolute Gasteiger partial charge is 0.481 e. The highest BCUT2D eigenvalue weighted by atomic mass is 35.5. The van der Waals surface area contributed by atoms with Crippen LogP contribution in [0.4, 0.5) is 0 Å². The van der Waals surface area contributed by atoms with Crippen molar-refractivity contribution in [1.29, 1.82) is 0 Å². The summed E-state index contributed by atoms with van der Waals surface area (Å²) < 4.78 is 29.5. The van der Waals surface area contributed by atoms with E-state index >= 15 is 0 Å². The van der Waals surface area contributed by atoms with E-state index in [1.54, 1.807) is 22.8 Å². The van der Waals surface area contributed by atoms with Crippen molar-refractivity contribution in [3.8, 4) is 0 Å². The predicted octanol–water partition coefficient (Wildman–Crippen LogP) is 6.18. The highest BCUT2D eigenvalue weighted by Gasteiger charge is 2.33. The SMILES string of the molecule is CC(C)(C)c1ccc2c(c1)c(S(=O)(=O)c1ccccc1)c(CC(=O)O)n2C(Cl)c1ccccc1. The molecular formula is C27H26ClNO4S. The van der Waals surface area contributed by atoms with Gasteiger partial charge in [0.15, 0.2) is 0 Å². The number of nitrogens with zero attached hydrogens (tertiary/aromatic N) is 1. The third-order valence-corrected chi connectivity index (χ3v) is 8.19. The van der Waals surface area contributed by atoms with Crippen LogP contribution in [0.25, 0.3) is 10.9 Å². The molecular weight excluding hydrogens is 470 g/mol. The Morgan fingerprint density at radius 1 is 0.971 bits per heavy atom. The number of sulfone groups is 1. The Bertz CT molecular complexity index is 1450. The lowest BCUT2D eigenvalue weighted by molar-refractivity contribution is -0.136. The number of fused-ring (bicyclic) bond motifs is 1. The van der Waals surface area contributed by atoms with Crippen molar-refractivity contribution in [2.45, 2.75) is 47.9 Å². The summed E-state index contributed by atoms with van der Waals surface area (Å²) in [6.45, 7) is 6.13. The molecule has 1 N–H and O–H groups in total. The minimum Gasteiger partial charge on any atom is -0.481 e. The fraction of sp³-hybridized carbons (Fsp3) is 0.222. The molecule has 176 valence electrons. The van der Waals surface area contributed by atoms with Crippen LogP contribution in [-0.4, -0.2) is 24.1 Å². The number of alkyl halides is 1. The number of aromatic nitrogens is 1. The number of halogens is 1. The van der Waals surface area contributed by atoms with Gasteiger partial charge in [-0.1, -0.05) is 87.0 Å². The Kier molecular flexibility index (Phi) is 6.32. The van der Waals surface area contributed by atoms with Crippen LogP contribution in [0.3, 0.4) is 0 Å². The zero-order chi connectivity index (χ0) is 24.7. The summed E-state index contributed by atoms with van der Waals surface area (Å²) in [5.41, 5.74) is 1.37. The van der Waals surface area contributed by atoms with Crippen molar-refractivity contribution in [3.05, 3.63) is 95.7 Å². The minimum absolute atomic E-state index is 0.0104. The third-order valence-electron chi connectivity index (χ3n) is 5.86. The summed E-state index contributed by atoms with van der Waals surface area (Å²) in [5.74, 6) is -1.14. The second-order valence-electron chi connectivity index (χ2n) is 9.26. The van der Waals surface area contributed by atoms with Crippen molar-refractivity contribution in [3.63, 3.8) is 0 Å². The highest BCUT2D eigenvalue weighted by molar-refractivity contribution is 7.91. The predicted molar refractivity (Wildman–Crippen MR) is 134 cm³/mol. The molecule has 0 fully saturated rings. The summed E-state index contributed by atoms with van der Waals surface area (Å²) in [5, 5.41) is 10.2. The standard InChI is InChI=1S/C27H26ClNO4S/c1-27(2,3)19-14-15-22-21(16-19)25(34(32,33)20-12-8-5-9-13-20)23(17-24(30)31)29(22)26(28)18-10-6-4-7-11-18/h4-16,26H,17H2,1-3H3,(H,30,31). The fourth-order valence-corrected chi connectivity index (χ4v) is 6.20. The lowest BCUT2D eigenvalue weighted by Gasteiger charge is -2.20. The smallest absolute Gasteiger partial charge is 0.309 e. The summed E-state index contributed by atoms with van der Waals surface area (Å²) in [6, 6.07) is 22.9. The number of hydrogen-bond acceptors (Lipinski definition) is 3. The zero-order valence-electron chi connectivity index (χ0n) is 19.2. The molecule has 1 unspecified atom stereocenters. The Balaban J connectivity index is 2.14. The van der Waals surface area contributed by atoms with E-state index in [0.29, 0.717) is 10.9 Å². The number of benzene rings is 3. The van der Waals surface area contributed by atoms with Gasteiger partial charge in [-0.3, -0.25) is 4.79 Å². The van der Waals surface area contributed by atoms with Gasteiger partial charge in [-0.15, -0.1) is 0 Å². The quantitative estimate of drug-likeness (QED) is 0.324. The summed E-state index contributed by atoms with van der Waals surface area (Å²) in [7, 11) is -4.04. The Morgan fingerprint density at radius 2 is 1.56 bits per heavy atom. The first kappa shape index (κ1) is 24.0. The fourth-order valence-electron chi connectivity index (χ4n) is 4.15. The zero-order valence-corrected chi connectivity index (χ0v) is 20.8.